The highest BCUT2D eigenvalue weighted by Crippen LogP contribution is 2.14. The summed E-state index contributed by atoms with van der Waals surface area (Å²) in [5.41, 5.74) is 2.09. The molecule has 0 fully saturated rings. The van der Waals surface area contributed by atoms with Gasteiger partial charge in [-0.3, -0.25) is 9.59 Å². The number of ether oxygens (including phenoxy) is 1. The monoisotopic (exact) mass is 382 g/mol. The molecular weight excluding hydrogens is 352 g/mol. The molecule has 0 heterocycles. The van der Waals surface area contributed by atoms with Crippen molar-refractivity contribution in [3.05, 3.63) is 65.7 Å². The summed E-state index contributed by atoms with van der Waals surface area (Å²) in [4.78, 5) is 27.1. The van der Waals surface area contributed by atoms with E-state index in [-0.39, 0.29) is 24.5 Å². The van der Waals surface area contributed by atoms with Crippen LogP contribution in [0.3, 0.4) is 0 Å². The van der Waals surface area contributed by atoms with E-state index in [2.05, 4.69) is 5.32 Å². The molecule has 2 unspecified atom stereocenters. The molecule has 2 aromatic carbocycles. The zero-order chi connectivity index (χ0) is 20.5. The van der Waals surface area contributed by atoms with E-state index in [1.165, 1.54) is 0 Å². The summed E-state index contributed by atoms with van der Waals surface area (Å²) in [6.45, 7) is 7.95. The molecule has 0 saturated heterocycles. The van der Waals surface area contributed by atoms with Crippen molar-refractivity contribution >= 4 is 11.8 Å². The molecule has 0 aliphatic heterocycles. The summed E-state index contributed by atoms with van der Waals surface area (Å²) in [5, 5.41) is 2.96. The van der Waals surface area contributed by atoms with Crippen LogP contribution in [0.2, 0.25) is 0 Å². The van der Waals surface area contributed by atoms with E-state index >= 15 is 0 Å². The van der Waals surface area contributed by atoms with Crippen molar-refractivity contribution in [2.75, 3.05) is 6.61 Å². The lowest BCUT2D eigenvalue weighted by Gasteiger charge is -2.29. The minimum absolute atomic E-state index is 0.0624. The minimum Gasteiger partial charge on any atom is -0.484 e. The van der Waals surface area contributed by atoms with E-state index in [0.29, 0.717) is 12.3 Å². The summed E-state index contributed by atoms with van der Waals surface area (Å²) in [6.07, 6.45) is 0.835. The van der Waals surface area contributed by atoms with E-state index in [4.69, 9.17) is 4.74 Å². The lowest BCUT2D eigenvalue weighted by molar-refractivity contribution is -0.142. The van der Waals surface area contributed by atoms with Crippen LogP contribution in [-0.2, 0) is 16.1 Å². The van der Waals surface area contributed by atoms with Crippen LogP contribution in [0.1, 0.15) is 38.3 Å². The van der Waals surface area contributed by atoms with E-state index in [1.807, 2.05) is 75.4 Å². The van der Waals surface area contributed by atoms with Gasteiger partial charge in [-0.2, -0.15) is 0 Å². The molecule has 1 N–H and O–H groups in total. The number of carbonyl (C=O) groups excluding carboxylic acids is 2. The quantitative estimate of drug-likeness (QED) is 0.719. The number of rotatable bonds is 9. The Morgan fingerprint density at radius 3 is 2.29 bits per heavy atom. The number of benzene rings is 2. The van der Waals surface area contributed by atoms with Gasteiger partial charge in [0.15, 0.2) is 6.61 Å². The molecular formula is C23H30N2O3. The number of carbonyl (C=O) groups is 2. The predicted octanol–water partition coefficient (Wildman–Crippen LogP) is 3.71. The second-order valence-corrected chi connectivity index (χ2v) is 7.10. The predicted molar refractivity (Wildman–Crippen MR) is 111 cm³/mol. The molecule has 2 amide bonds. The molecule has 2 atom stereocenters. The molecule has 0 aliphatic carbocycles. The maximum atomic E-state index is 12.9. The van der Waals surface area contributed by atoms with Crippen molar-refractivity contribution in [1.29, 1.82) is 0 Å². The minimum atomic E-state index is -0.594. The maximum absolute atomic E-state index is 12.9. The molecule has 0 bridgehead atoms. The van der Waals surface area contributed by atoms with Gasteiger partial charge in [-0.05, 0) is 44.9 Å². The van der Waals surface area contributed by atoms with Crippen LogP contribution in [0.5, 0.6) is 5.75 Å². The maximum Gasteiger partial charge on any atom is 0.261 e. The summed E-state index contributed by atoms with van der Waals surface area (Å²) in [5.74, 6) is 0.250. The highest BCUT2D eigenvalue weighted by atomic mass is 16.5. The fourth-order valence-electron chi connectivity index (χ4n) is 2.69. The Labute approximate surface area is 167 Å². The fourth-order valence-corrected chi connectivity index (χ4v) is 2.69. The normalized spacial score (nSPS) is 12.7. The Balaban J connectivity index is 2.10. The van der Waals surface area contributed by atoms with Crippen LogP contribution >= 0.6 is 0 Å². The van der Waals surface area contributed by atoms with Crippen molar-refractivity contribution < 1.29 is 14.3 Å². The largest absolute Gasteiger partial charge is 0.484 e. The van der Waals surface area contributed by atoms with Gasteiger partial charge in [-0.1, -0.05) is 55.0 Å². The molecule has 5 nitrogen and oxygen atoms in total. The van der Waals surface area contributed by atoms with Crippen LogP contribution in [0.15, 0.2) is 54.6 Å². The van der Waals surface area contributed by atoms with Gasteiger partial charge >= 0.3 is 0 Å². The van der Waals surface area contributed by atoms with Gasteiger partial charge in [0.05, 0.1) is 0 Å². The van der Waals surface area contributed by atoms with Crippen LogP contribution in [-0.4, -0.2) is 35.4 Å². The van der Waals surface area contributed by atoms with E-state index in [0.717, 1.165) is 17.5 Å². The molecule has 0 saturated carbocycles. The summed E-state index contributed by atoms with van der Waals surface area (Å²) >= 11 is 0. The van der Waals surface area contributed by atoms with Gasteiger partial charge in [-0.15, -0.1) is 0 Å². The number of amides is 2. The zero-order valence-corrected chi connectivity index (χ0v) is 17.1. The van der Waals surface area contributed by atoms with Crippen molar-refractivity contribution in [2.24, 2.45) is 0 Å². The first kappa shape index (κ1) is 21.5. The first-order valence-corrected chi connectivity index (χ1v) is 9.74. The Hall–Kier alpha value is -2.82. The molecule has 0 aromatic heterocycles. The van der Waals surface area contributed by atoms with Gasteiger partial charge in [0.2, 0.25) is 5.91 Å². The second-order valence-electron chi connectivity index (χ2n) is 7.10. The van der Waals surface area contributed by atoms with E-state index in [9.17, 15) is 9.59 Å². The SMILES string of the molecule is CCC(C)NC(=O)C(C)N(Cc1ccccc1)C(=O)COc1ccc(C)cc1. The van der Waals surface area contributed by atoms with Crippen molar-refractivity contribution in [3.8, 4) is 5.75 Å². The Morgan fingerprint density at radius 1 is 1.04 bits per heavy atom. The van der Waals surface area contributed by atoms with Crippen molar-refractivity contribution in [1.82, 2.24) is 10.2 Å². The Bertz CT molecular complexity index is 759. The molecule has 0 radical (unpaired) electrons. The van der Waals surface area contributed by atoms with Gasteiger partial charge in [0.1, 0.15) is 11.8 Å². The molecule has 150 valence electrons. The average molecular weight is 383 g/mol. The number of hydrogen-bond donors (Lipinski definition) is 1. The summed E-state index contributed by atoms with van der Waals surface area (Å²) in [7, 11) is 0. The lowest BCUT2D eigenvalue weighted by Crippen LogP contribution is -2.50. The molecule has 2 rings (SSSR count). The molecule has 0 aliphatic rings. The van der Waals surface area contributed by atoms with E-state index in [1.54, 1.807) is 11.8 Å². The third kappa shape index (κ3) is 6.41. The van der Waals surface area contributed by atoms with Gasteiger partial charge in [0.25, 0.3) is 5.91 Å². The third-order valence-electron chi connectivity index (χ3n) is 4.75. The summed E-state index contributed by atoms with van der Waals surface area (Å²) < 4.78 is 5.65. The number of hydrogen-bond acceptors (Lipinski definition) is 3. The van der Waals surface area contributed by atoms with Crippen LogP contribution in [0.25, 0.3) is 0 Å². The van der Waals surface area contributed by atoms with Crippen LogP contribution < -0.4 is 10.1 Å². The van der Waals surface area contributed by atoms with Gasteiger partial charge < -0.3 is 15.0 Å². The highest BCUT2D eigenvalue weighted by Gasteiger charge is 2.27. The Morgan fingerprint density at radius 2 is 1.68 bits per heavy atom. The topological polar surface area (TPSA) is 58.6 Å². The molecule has 5 heteroatoms. The van der Waals surface area contributed by atoms with Crippen molar-refractivity contribution in [3.63, 3.8) is 0 Å². The summed E-state index contributed by atoms with van der Waals surface area (Å²) in [6, 6.07) is 16.7. The molecule has 28 heavy (non-hydrogen) atoms. The highest BCUT2D eigenvalue weighted by molar-refractivity contribution is 5.88. The third-order valence-corrected chi connectivity index (χ3v) is 4.75. The smallest absolute Gasteiger partial charge is 0.261 e. The van der Waals surface area contributed by atoms with Gasteiger partial charge in [0, 0.05) is 12.6 Å². The molecule has 0 spiro atoms. The zero-order valence-electron chi connectivity index (χ0n) is 17.1. The van der Waals surface area contributed by atoms with E-state index < -0.39 is 6.04 Å². The molecule has 2 aromatic rings. The van der Waals surface area contributed by atoms with Crippen molar-refractivity contribution in [2.45, 2.75) is 52.7 Å². The standard InChI is InChI=1S/C23H30N2O3/c1-5-18(3)24-23(27)19(4)25(15-20-9-7-6-8-10-20)22(26)16-28-21-13-11-17(2)12-14-21/h6-14,18-19H,5,15-16H2,1-4H3,(H,24,27). The first-order valence-electron chi connectivity index (χ1n) is 9.74. The lowest BCUT2D eigenvalue weighted by atomic mass is 10.1. The van der Waals surface area contributed by atoms with Gasteiger partial charge in [-0.25, -0.2) is 0 Å². The van der Waals surface area contributed by atoms with Crippen LogP contribution in [0, 0.1) is 6.92 Å². The Kier molecular flexibility index (Phi) is 8.05. The van der Waals surface area contributed by atoms with Crippen LogP contribution in [0.4, 0.5) is 0 Å². The fraction of sp³-hybridized carbons (Fsp3) is 0.391. The first-order chi connectivity index (χ1) is 13.4. The number of nitrogens with zero attached hydrogens (tertiary/aromatic N) is 1. The second kappa shape index (κ2) is 10.5. The number of aryl methyl sites for hydroxylation is 1. The average Bonchev–Trinajstić information content (AvgIpc) is 2.71. The number of nitrogens with one attached hydrogen (secondary N) is 1.